The number of nitrogens with zero attached hydrogens (tertiary/aromatic N) is 1. The first-order valence-electron chi connectivity index (χ1n) is 5.28. The number of alkyl halides is 1. The van der Waals surface area contributed by atoms with E-state index in [1.807, 2.05) is 52.1 Å². The summed E-state index contributed by atoms with van der Waals surface area (Å²) in [6, 6.07) is 7.81. The summed E-state index contributed by atoms with van der Waals surface area (Å²) in [4.78, 5) is 14.1. The van der Waals surface area contributed by atoms with Gasteiger partial charge in [-0.05, 0) is 24.3 Å². The van der Waals surface area contributed by atoms with E-state index in [2.05, 4.69) is 27.5 Å². The van der Waals surface area contributed by atoms with Crippen LogP contribution in [0.4, 0.5) is 5.69 Å². The molecule has 0 aliphatic heterocycles. The average molecular weight is 331 g/mol. The van der Waals surface area contributed by atoms with Crippen LogP contribution in [0.15, 0.2) is 24.3 Å². The quantitative estimate of drug-likeness (QED) is 0.364. The molecule has 1 aromatic rings. The zero-order valence-electron chi connectivity index (χ0n) is 10.2. The normalized spacial score (nSPS) is 11.3. The van der Waals surface area contributed by atoms with E-state index < -0.39 is 0 Å². The first-order valence-corrected chi connectivity index (χ1v) is 6.81. The Morgan fingerprint density at radius 3 is 2.12 bits per heavy atom. The van der Waals surface area contributed by atoms with Gasteiger partial charge in [-0.15, -0.1) is 0 Å². The Kier molecular flexibility index (Phi) is 4.35. The zero-order valence-corrected chi connectivity index (χ0v) is 12.4. The van der Waals surface area contributed by atoms with Gasteiger partial charge in [-0.1, -0.05) is 43.4 Å². The number of hydrogen-bond acceptors (Lipinski definition) is 2. The molecule has 0 saturated carbocycles. The van der Waals surface area contributed by atoms with Crippen LogP contribution in [0.3, 0.4) is 0 Å². The highest BCUT2D eigenvalue weighted by molar-refractivity contribution is 14.1. The lowest BCUT2D eigenvalue weighted by molar-refractivity contribution is 0.0858. The van der Waals surface area contributed by atoms with E-state index in [-0.39, 0.29) is 11.2 Å². The molecule has 0 aliphatic rings. The van der Waals surface area contributed by atoms with Gasteiger partial charge in [-0.25, -0.2) is 0 Å². The smallest absolute Gasteiger partial charge is 0.168 e. The first kappa shape index (κ1) is 13.5. The van der Waals surface area contributed by atoms with Crippen LogP contribution in [0, 0.1) is 5.41 Å². The summed E-state index contributed by atoms with van der Waals surface area (Å²) in [6.45, 7) is 5.83. The van der Waals surface area contributed by atoms with Crippen LogP contribution < -0.4 is 4.90 Å². The molecular formula is C13H18INO. The minimum Gasteiger partial charge on any atom is -0.365 e. The van der Waals surface area contributed by atoms with E-state index in [0.29, 0.717) is 0 Å². The largest absolute Gasteiger partial charge is 0.365 e. The fourth-order valence-electron chi connectivity index (χ4n) is 1.37. The molecule has 0 aliphatic carbocycles. The van der Waals surface area contributed by atoms with Crippen molar-refractivity contribution in [3.05, 3.63) is 29.8 Å². The number of Topliss-reactive ketones (excluding diaryl/α,β-unsaturated/α-hetero) is 1. The zero-order chi connectivity index (χ0) is 12.3. The lowest BCUT2D eigenvalue weighted by atomic mass is 9.86. The molecule has 1 aromatic carbocycles. The number of carbonyl (C=O) groups is 1. The van der Waals surface area contributed by atoms with E-state index in [1.54, 1.807) is 0 Å². The highest BCUT2D eigenvalue weighted by Gasteiger charge is 2.22. The SMILES string of the molecule is CN(CI)c1ccc(C(=O)C(C)(C)C)cc1. The fraction of sp³-hybridized carbons (Fsp3) is 0.462. The van der Waals surface area contributed by atoms with Crippen LogP contribution in [0.1, 0.15) is 31.1 Å². The number of anilines is 1. The van der Waals surface area contributed by atoms with Crippen molar-refractivity contribution in [1.82, 2.24) is 0 Å². The minimum absolute atomic E-state index is 0.191. The molecule has 16 heavy (non-hydrogen) atoms. The molecule has 0 fully saturated rings. The van der Waals surface area contributed by atoms with Gasteiger partial charge >= 0.3 is 0 Å². The lowest BCUT2D eigenvalue weighted by Crippen LogP contribution is -2.20. The predicted octanol–water partition coefficient (Wildman–Crippen LogP) is 3.74. The Labute approximate surface area is 111 Å². The standard InChI is InChI=1S/C13H18INO/c1-13(2,3)12(16)10-5-7-11(8-6-10)15(4)9-14/h5-8H,9H2,1-4H3. The number of rotatable bonds is 3. The monoisotopic (exact) mass is 331 g/mol. The molecule has 0 saturated heterocycles. The lowest BCUT2D eigenvalue weighted by Gasteiger charge is -2.19. The molecule has 0 spiro atoms. The van der Waals surface area contributed by atoms with Crippen LogP contribution in [0.5, 0.6) is 0 Å². The van der Waals surface area contributed by atoms with Crippen LogP contribution in [0.25, 0.3) is 0 Å². The van der Waals surface area contributed by atoms with Crippen molar-refractivity contribution in [2.75, 3.05) is 16.5 Å². The molecule has 0 unspecified atom stereocenters. The molecule has 0 amide bonds. The number of benzene rings is 1. The Morgan fingerprint density at radius 2 is 1.75 bits per heavy atom. The van der Waals surface area contributed by atoms with Crippen molar-refractivity contribution in [2.45, 2.75) is 20.8 Å². The molecule has 0 heterocycles. The summed E-state index contributed by atoms with van der Waals surface area (Å²) < 4.78 is 0.935. The molecule has 0 bridgehead atoms. The molecular weight excluding hydrogens is 313 g/mol. The third-order valence-electron chi connectivity index (χ3n) is 2.43. The van der Waals surface area contributed by atoms with Gasteiger partial charge in [0.05, 0.1) is 4.55 Å². The van der Waals surface area contributed by atoms with Crippen LogP contribution in [-0.2, 0) is 0 Å². The molecule has 0 radical (unpaired) electrons. The summed E-state index contributed by atoms with van der Waals surface area (Å²) in [5, 5.41) is 0. The van der Waals surface area contributed by atoms with Crippen molar-refractivity contribution < 1.29 is 4.79 Å². The summed E-state index contributed by atoms with van der Waals surface area (Å²) in [7, 11) is 2.03. The van der Waals surface area contributed by atoms with Crippen LogP contribution >= 0.6 is 22.6 Å². The number of halogens is 1. The maximum absolute atomic E-state index is 12.0. The van der Waals surface area contributed by atoms with Gasteiger partial charge in [0.25, 0.3) is 0 Å². The topological polar surface area (TPSA) is 20.3 Å². The van der Waals surface area contributed by atoms with Crippen molar-refractivity contribution in [1.29, 1.82) is 0 Å². The van der Waals surface area contributed by atoms with E-state index in [4.69, 9.17) is 0 Å². The number of carbonyl (C=O) groups excluding carboxylic acids is 1. The second kappa shape index (κ2) is 5.17. The second-order valence-corrected chi connectivity index (χ2v) is 5.63. The number of hydrogen-bond donors (Lipinski definition) is 0. The van der Waals surface area contributed by atoms with Crippen LogP contribution in [0.2, 0.25) is 0 Å². The maximum atomic E-state index is 12.0. The molecule has 3 heteroatoms. The second-order valence-electron chi connectivity index (χ2n) is 4.94. The van der Waals surface area contributed by atoms with E-state index in [1.165, 1.54) is 0 Å². The summed E-state index contributed by atoms with van der Waals surface area (Å²) in [5.41, 5.74) is 1.62. The summed E-state index contributed by atoms with van der Waals surface area (Å²) in [5.74, 6) is 0.191. The van der Waals surface area contributed by atoms with Crippen molar-refractivity contribution in [3.63, 3.8) is 0 Å². The Morgan fingerprint density at radius 1 is 1.25 bits per heavy atom. The third-order valence-corrected chi connectivity index (χ3v) is 3.45. The van der Waals surface area contributed by atoms with E-state index in [0.717, 1.165) is 15.8 Å². The molecule has 88 valence electrons. The van der Waals surface area contributed by atoms with E-state index in [9.17, 15) is 4.79 Å². The maximum Gasteiger partial charge on any atom is 0.168 e. The highest BCUT2D eigenvalue weighted by Crippen LogP contribution is 2.22. The molecule has 0 aromatic heterocycles. The highest BCUT2D eigenvalue weighted by atomic mass is 127. The van der Waals surface area contributed by atoms with Gasteiger partial charge in [0.2, 0.25) is 0 Å². The Hall–Kier alpha value is -0.580. The van der Waals surface area contributed by atoms with Gasteiger partial charge in [-0.2, -0.15) is 0 Å². The number of ketones is 1. The summed E-state index contributed by atoms with van der Waals surface area (Å²) in [6.07, 6.45) is 0. The third kappa shape index (κ3) is 3.20. The summed E-state index contributed by atoms with van der Waals surface area (Å²) >= 11 is 2.31. The van der Waals surface area contributed by atoms with Crippen molar-refractivity contribution in [2.24, 2.45) is 5.41 Å². The molecule has 0 N–H and O–H groups in total. The predicted molar refractivity (Wildman–Crippen MR) is 77.5 cm³/mol. The van der Waals surface area contributed by atoms with Gasteiger partial charge in [0, 0.05) is 23.7 Å². The average Bonchev–Trinajstić information content (AvgIpc) is 2.26. The Balaban J connectivity index is 2.91. The first-order chi connectivity index (χ1) is 7.36. The van der Waals surface area contributed by atoms with Crippen molar-refractivity contribution >= 4 is 34.1 Å². The van der Waals surface area contributed by atoms with E-state index >= 15 is 0 Å². The fourth-order valence-corrected chi connectivity index (χ4v) is 1.76. The van der Waals surface area contributed by atoms with Crippen molar-refractivity contribution in [3.8, 4) is 0 Å². The van der Waals surface area contributed by atoms with Crippen LogP contribution in [-0.4, -0.2) is 17.4 Å². The van der Waals surface area contributed by atoms with Gasteiger partial charge in [-0.3, -0.25) is 4.79 Å². The van der Waals surface area contributed by atoms with Gasteiger partial charge in [0.1, 0.15) is 0 Å². The van der Waals surface area contributed by atoms with Gasteiger partial charge < -0.3 is 4.90 Å². The molecule has 1 rings (SSSR count). The molecule has 2 nitrogen and oxygen atoms in total. The molecule has 0 atom stereocenters. The Bertz CT molecular complexity index is 365. The van der Waals surface area contributed by atoms with Gasteiger partial charge in [0.15, 0.2) is 5.78 Å². The minimum atomic E-state index is -0.309.